The van der Waals surface area contributed by atoms with E-state index in [1.165, 1.54) is 6.20 Å². The standard InChI is InChI=1S/C11H10N4O2/c12-7-10-11(15(16)17)9(3-6-14-10)8-1-4-13-5-2-8/h1,3,6,13H,2,4-5H2. The average molecular weight is 230 g/mol. The Labute approximate surface area is 97.7 Å². The summed E-state index contributed by atoms with van der Waals surface area (Å²) < 4.78 is 0. The fourth-order valence-corrected chi connectivity index (χ4v) is 1.85. The van der Waals surface area contributed by atoms with Crippen LogP contribution in [0.2, 0.25) is 0 Å². The molecule has 1 aliphatic heterocycles. The summed E-state index contributed by atoms with van der Waals surface area (Å²) in [6, 6.07) is 3.35. The van der Waals surface area contributed by atoms with Crippen LogP contribution in [0.5, 0.6) is 0 Å². The number of nitrogens with one attached hydrogen (secondary N) is 1. The van der Waals surface area contributed by atoms with Crippen molar-refractivity contribution in [3.05, 3.63) is 39.7 Å². The van der Waals surface area contributed by atoms with Crippen LogP contribution in [0.25, 0.3) is 5.57 Å². The second-order valence-electron chi connectivity index (χ2n) is 3.61. The summed E-state index contributed by atoms with van der Waals surface area (Å²) in [7, 11) is 0. The summed E-state index contributed by atoms with van der Waals surface area (Å²) >= 11 is 0. The highest BCUT2D eigenvalue weighted by Gasteiger charge is 2.23. The van der Waals surface area contributed by atoms with Crippen LogP contribution < -0.4 is 5.32 Å². The van der Waals surface area contributed by atoms with Crippen LogP contribution in [-0.4, -0.2) is 23.0 Å². The lowest BCUT2D eigenvalue weighted by atomic mass is 9.99. The Kier molecular flexibility index (Phi) is 3.12. The fraction of sp³-hybridized carbons (Fsp3) is 0.273. The maximum absolute atomic E-state index is 11.0. The van der Waals surface area contributed by atoms with Crippen molar-refractivity contribution in [2.75, 3.05) is 13.1 Å². The van der Waals surface area contributed by atoms with E-state index >= 15 is 0 Å². The van der Waals surface area contributed by atoms with Gasteiger partial charge in [-0.25, -0.2) is 4.98 Å². The van der Waals surface area contributed by atoms with Crippen LogP contribution in [0.4, 0.5) is 5.69 Å². The summed E-state index contributed by atoms with van der Waals surface area (Å²) in [4.78, 5) is 14.2. The lowest BCUT2D eigenvalue weighted by Crippen LogP contribution is -2.20. The number of rotatable bonds is 2. The summed E-state index contributed by atoms with van der Waals surface area (Å²) in [5.74, 6) is 0. The first kappa shape index (κ1) is 11.2. The van der Waals surface area contributed by atoms with E-state index in [0.29, 0.717) is 12.1 Å². The van der Waals surface area contributed by atoms with E-state index in [4.69, 9.17) is 5.26 Å². The van der Waals surface area contributed by atoms with Crippen molar-refractivity contribution in [3.63, 3.8) is 0 Å². The molecule has 1 aromatic rings. The van der Waals surface area contributed by atoms with Gasteiger partial charge in [0.25, 0.3) is 0 Å². The third-order valence-electron chi connectivity index (χ3n) is 2.62. The Bertz CT molecular complexity index is 531. The molecule has 0 aromatic carbocycles. The zero-order valence-electron chi connectivity index (χ0n) is 9.01. The molecule has 1 aromatic heterocycles. The molecule has 0 spiro atoms. The molecule has 0 bridgehead atoms. The van der Waals surface area contributed by atoms with Gasteiger partial charge in [0.1, 0.15) is 6.07 Å². The first-order valence-electron chi connectivity index (χ1n) is 5.17. The minimum Gasteiger partial charge on any atom is -0.313 e. The highest BCUT2D eigenvalue weighted by Crippen LogP contribution is 2.30. The van der Waals surface area contributed by atoms with Gasteiger partial charge in [0.2, 0.25) is 5.69 Å². The molecular formula is C11H10N4O2. The molecule has 0 aliphatic carbocycles. The van der Waals surface area contributed by atoms with Gasteiger partial charge in [-0.1, -0.05) is 6.08 Å². The van der Waals surface area contributed by atoms with Gasteiger partial charge in [0.05, 0.1) is 10.5 Å². The molecule has 1 N–H and O–H groups in total. The Balaban J connectivity index is 2.57. The zero-order chi connectivity index (χ0) is 12.3. The number of nitro groups is 1. The molecule has 0 saturated carbocycles. The largest absolute Gasteiger partial charge is 0.313 e. The Morgan fingerprint density at radius 1 is 1.59 bits per heavy atom. The molecule has 2 heterocycles. The van der Waals surface area contributed by atoms with Crippen LogP contribution in [-0.2, 0) is 0 Å². The number of nitrogens with zero attached hydrogens (tertiary/aromatic N) is 3. The van der Waals surface area contributed by atoms with Crippen LogP contribution >= 0.6 is 0 Å². The maximum Gasteiger partial charge on any atom is 0.313 e. The van der Waals surface area contributed by atoms with Gasteiger partial charge in [-0.2, -0.15) is 5.26 Å². The SMILES string of the molecule is N#Cc1nccc(C2=CCNCC2)c1[N+](=O)[O-]. The van der Waals surface area contributed by atoms with E-state index < -0.39 is 4.92 Å². The van der Waals surface area contributed by atoms with Crippen molar-refractivity contribution in [2.45, 2.75) is 6.42 Å². The smallest absolute Gasteiger partial charge is 0.313 e. The normalized spacial score (nSPS) is 14.9. The van der Waals surface area contributed by atoms with Gasteiger partial charge in [-0.05, 0) is 24.6 Å². The average Bonchev–Trinajstić information content (AvgIpc) is 2.38. The van der Waals surface area contributed by atoms with Crippen LogP contribution in [0.15, 0.2) is 18.3 Å². The number of pyridine rings is 1. The number of nitriles is 1. The Morgan fingerprint density at radius 2 is 2.41 bits per heavy atom. The molecule has 0 fully saturated rings. The molecule has 6 heteroatoms. The molecule has 0 amide bonds. The van der Waals surface area contributed by atoms with Gasteiger partial charge in [0, 0.05) is 12.7 Å². The minimum atomic E-state index is -0.538. The molecule has 86 valence electrons. The fourth-order valence-electron chi connectivity index (χ4n) is 1.85. The number of hydrogen-bond donors (Lipinski definition) is 1. The van der Waals surface area contributed by atoms with E-state index in [1.54, 1.807) is 12.1 Å². The van der Waals surface area contributed by atoms with Crippen molar-refractivity contribution < 1.29 is 4.92 Å². The predicted octanol–water partition coefficient (Wildman–Crippen LogP) is 1.24. The lowest BCUT2D eigenvalue weighted by molar-refractivity contribution is -0.385. The topological polar surface area (TPSA) is 91.8 Å². The molecule has 0 saturated heterocycles. The molecule has 0 unspecified atom stereocenters. The maximum atomic E-state index is 11.0. The summed E-state index contributed by atoms with van der Waals surface area (Å²) in [5, 5.41) is 23.0. The zero-order valence-corrected chi connectivity index (χ0v) is 9.01. The molecule has 6 nitrogen and oxygen atoms in total. The second kappa shape index (κ2) is 4.72. The Morgan fingerprint density at radius 3 is 3.00 bits per heavy atom. The highest BCUT2D eigenvalue weighted by atomic mass is 16.6. The van der Waals surface area contributed by atoms with E-state index in [1.807, 2.05) is 6.08 Å². The van der Waals surface area contributed by atoms with Gasteiger partial charge in [0.15, 0.2) is 0 Å². The first-order chi connectivity index (χ1) is 8.24. The van der Waals surface area contributed by atoms with E-state index in [9.17, 15) is 10.1 Å². The highest BCUT2D eigenvalue weighted by molar-refractivity contribution is 5.75. The number of hydrogen-bond acceptors (Lipinski definition) is 5. The third-order valence-corrected chi connectivity index (χ3v) is 2.62. The van der Waals surface area contributed by atoms with Crippen molar-refractivity contribution >= 4 is 11.3 Å². The van der Waals surface area contributed by atoms with Crippen LogP contribution in [0.1, 0.15) is 17.7 Å². The van der Waals surface area contributed by atoms with Crippen LogP contribution in [0.3, 0.4) is 0 Å². The van der Waals surface area contributed by atoms with Gasteiger partial charge in [-0.3, -0.25) is 10.1 Å². The van der Waals surface area contributed by atoms with Crippen molar-refractivity contribution in [3.8, 4) is 6.07 Å². The van der Waals surface area contributed by atoms with Crippen molar-refractivity contribution in [1.82, 2.24) is 10.3 Å². The summed E-state index contributed by atoms with van der Waals surface area (Å²) in [6.07, 6.45) is 4.06. The molecule has 1 aliphatic rings. The quantitative estimate of drug-likeness (QED) is 0.609. The molecule has 0 atom stereocenters. The summed E-state index contributed by atoms with van der Waals surface area (Å²) in [5.41, 5.74) is 1.08. The van der Waals surface area contributed by atoms with Crippen molar-refractivity contribution in [1.29, 1.82) is 5.26 Å². The lowest BCUT2D eigenvalue weighted by Gasteiger charge is -2.14. The van der Waals surface area contributed by atoms with Gasteiger partial charge in [-0.15, -0.1) is 0 Å². The van der Waals surface area contributed by atoms with Crippen molar-refractivity contribution in [2.24, 2.45) is 0 Å². The van der Waals surface area contributed by atoms with Crippen LogP contribution in [0, 0.1) is 21.4 Å². The second-order valence-corrected chi connectivity index (χ2v) is 3.61. The molecule has 2 rings (SSSR count). The third kappa shape index (κ3) is 2.14. The van der Waals surface area contributed by atoms with E-state index in [2.05, 4.69) is 10.3 Å². The van der Waals surface area contributed by atoms with Gasteiger partial charge >= 0.3 is 5.69 Å². The van der Waals surface area contributed by atoms with E-state index in [0.717, 1.165) is 18.5 Å². The first-order valence-corrected chi connectivity index (χ1v) is 5.17. The number of aromatic nitrogens is 1. The summed E-state index contributed by atoms with van der Waals surface area (Å²) in [6.45, 7) is 1.48. The Hall–Kier alpha value is -2.26. The van der Waals surface area contributed by atoms with Gasteiger partial charge < -0.3 is 5.32 Å². The molecular weight excluding hydrogens is 220 g/mol. The predicted molar refractivity (Wildman–Crippen MR) is 61.1 cm³/mol. The molecule has 0 radical (unpaired) electrons. The van der Waals surface area contributed by atoms with E-state index in [-0.39, 0.29) is 11.4 Å². The molecule has 17 heavy (non-hydrogen) atoms. The monoisotopic (exact) mass is 230 g/mol. The minimum absolute atomic E-state index is 0.132.